The van der Waals surface area contributed by atoms with Gasteiger partial charge in [-0.1, -0.05) is 31.5 Å². The highest BCUT2D eigenvalue weighted by atomic mass is 16.5. The Balaban J connectivity index is 1.94. The number of rotatable bonds is 10. The Morgan fingerprint density at radius 1 is 1.10 bits per heavy atom. The van der Waals surface area contributed by atoms with Crippen LogP contribution in [0, 0.1) is 12.8 Å². The quantitative estimate of drug-likeness (QED) is 0.625. The maximum absolute atomic E-state index is 13.0. The van der Waals surface area contributed by atoms with E-state index >= 15 is 0 Å². The maximum atomic E-state index is 13.0. The number of ether oxygens (including phenoxy) is 1. The first kappa shape index (κ1) is 23.3. The molecule has 2 aromatic carbocycles. The number of anilines is 1. The van der Waals surface area contributed by atoms with E-state index in [1.54, 1.807) is 25.1 Å². The van der Waals surface area contributed by atoms with Crippen molar-refractivity contribution < 1.29 is 14.3 Å². The van der Waals surface area contributed by atoms with Crippen LogP contribution in [0.4, 0.5) is 5.69 Å². The highest BCUT2D eigenvalue weighted by molar-refractivity contribution is 5.97. The average Bonchev–Trinajstić information content (AvgIpc) is 2.72. The number of benzene rings is 2. The van der Waals surface area contributed by atoms with Crippen molar-refractivity contribution in [3.63, 3.8) is 0 Å². The lowest BCUT2D eigenvalue weighted by Crippen LogP contribution is -2.48. The predicted molar refractivity (Wildman–Crippen MR) is 121 cm³/mol. The van der Waals surface area contributed by atoms with Crippen LogP contribution in [0.15, 0.2) is 48.5 Å². The third-order valence-electron chi connectivity index (χ3n) is 4.83. The van der Waals surface area contributed by atoms with E-state index < -0.39 is 6.04 Å². The fourth-order valence-electron chi connectivity index (χ4n) is 3.17. The number of nitrogens with one attached hydrogen (secondary N) is 2. The van der Waals surface area contributed by atoms with Crippen molar-refractivity contribution in [2.45, 2.75) is 33.2 Å². The summed E-state index contributed by atoms with van der Waals surface area (Å²) in [6.45, 7) is 7.17. The van der Waals surface area contributed by atoms with Crippen LogP contribution in [-0.4, -0.2) is 50.0 Å². The summed E-state index contributed by atoms with van der Waals surface area (Å²) < 4.78 is 5.16. The van der Waals surface area contributed by atoms with Gasteiger partial charge >= 0.3 is 0 Å². The molecule has 0 saturated carbocycles. The van der Waals surface area contributed by atoms with Crippen LogP contribution in [0.5, 0.6) is 5.75 Å². The fraction of sp³-hybridized carbons (Fsp3) is 0.417. The number of aryl methyl sites for hydroxylation is 1. The normalized spacial score (nSPS) is 11.7. The lowest BCUT2D eigenvalue weighted by atomic mass is 10.0. The average molecular weight is 412 g/mol. The Hall–Kier alpha value is -3.02. The molecule has 0 radical (unpaired) electrons. The van der Waals surface area contributed by atoms with E-state index in [9.17, 15) is 9.59 Å². The molecule has 2 N–H and O–H groups in total. The van der Waals surface area contributed by atoms with E-state index in [0.29, 0.717) is 25.1 Å². The summed E-state index contributed by atoms with van der Waals surface area (Å²) in [4.78, 5) is 27.3. The van der Waals surface area contributed by atoms with Crippen molar-refractivity contribution in [2.75, 3.05) is 32.6 Å². The SMILES string of the molecule is COc1ccc(NCCN(C)C(=O)[C@H](CC(C)C)NC(=O)c2cccc(C)c2)cc1. The molecule has 30 heavy (non-hydrogen) atoms. The number of carbonyl (C=O) groups excluding carboxylic acids is 2. The van der Waals surface area contributed by atoms with Crippen molar-refractivity contribution in [1.82, 2.24) is 10.2 Å². The number of amides is 2. The van der Waals surface area contributed by atoms with E-state index in [0.717, 1.165) is 17.0 Å². The van der Waals surface area contributed by atoms with Crippen LogP contribution in [0.1, 0.15) is 36.2 Å². The van der Waals surface area contributed by atoms with Crippen molar-refractivity contribution in [2.24, 2.45) is 5.92 Å². The summed E-state index contributed by atoms with van der Waals surface area (Å²) in [7, 11) is 3.40. The zero-order valence-electron chi connectivity index (χ0n) is 18.6. The maximum Gasteiger partial charge on any atom is 0.251 e. The third-order valence-corrected chi connectivity index (χ3v) is 4.83. The molecule has 1 atom stereocenters. The molecule has 0 heterocycles. The predicted octanol–water partition coefficient (Wildman–Crippen LogP) is 3.72. The molecule has 0 fully saturated rings. The van der Waals surface area contributed by atoms with Crippen LogP contribution < -0.4 is 15.4 Å². The van der Waals surface area contributed by atoms with Gasteiger partial charge in [0.25, 0.3) is 5.91 Å². The lowest BCUT2D eigenvalue weighted by molar-refractivity contribution is -0.132. The molecule has 0 aliphatic carbocycles. The Morgan fingerprint density at radius 3 is 2.40 bits per heavy atom. The van der Waals surface area contributed by atoms with Crippen molar-refractivity contribution >= 4 is 17.5 Å². The second-order valence-electron chi connectivity index (χ2n) is 7.94. The topological polar surface area (TPSA) is 70.7 Å². The van der Waals surface area contributed by atoms with Crippen LogP contribution in [0.2, 0.25) is 0 Å². The van der Waals surface area contributed by atoms with E-state index in [-0.39, 0.29) is 17.7 Å². The molecule has 6 nitrogen and oxygen atoms in total. The van der Waals surface area contributed by atoms with Crippen LogP contribution in [0.3, 0.4) is 0 Å². The first-order valence-electron chi connectivity index (χ1n) is 10.3. The first-order valence-corrected chi connectivity index (χ1v) is 10.3. The van der Waals surface area contributed by atoms with E-state index in [2.05, 4.69) is 10.6 Å². The number of hydrogen-bond donors (Lipinski definition) is 2. The number of nitrogens with zero attached hydrogens (tertiary/aromatic N) is 1. The molecule has 2 rings (SSSR count). The van der Waals surface area contributed by atoms with Crippen molar-refractivity contribution in [3.8, 4) is 5.75 Å². The molecule has 0 aliphatic heterocycles. The van der Waals surface area contributed by atoms with Gasteiger partial charge in [0.1, 0.15) is 11.8 Å². The second kappa shape index (κ2) is 11.2. The molecule has 0 aliphatic rings. The number of hydrogen-bond acceptors (Lipinski definition) is 4. The zero-order valence-corrected chi connectivity index (χ0v) is 18.6. The summed E-state index contributed by atoms with van der Waals surface area (Å²) in [6.07, 6.45) is 0.590. The largest absolute Gasteiger partial charge is 0.497 e. The Labute approximate surface area is 179 Å². The number of likely N-dealkylation sites (N-methyl/N-ethyl adjacent to an activating group) is 1. The summed E-state index contributed by atoms with van der Waals surface area (Å²) in [5.41, 5.74) is 2.54. The Bertz CT molecular complexity index is 834. The van der Waals surface area contributed by atoms with Gasteiger partial charge in [0.15, 0.2) is 0 Å². The van der Waals surface area contributed by atoms with E-state index in [1.165, 1.54) is 0 Å². The number of carbonyl (C=O) groups is 2. The second-order valence-corrected chi connectivity index (χ2v) is 7.94. The van der Waals surface area contributed by atoms with Crippen molar-refractivity contribution in [3.05, 3.63) is 59.7 Å². The molecule has 0 bridgehead atoms. The van der Waals surface area contributed by atoms with Gasteiger partial charge in [0, 0.05) is 31.4 Å². The highest BCUT2D eigenvalue weighted by Gasteiger charge is 2.25. The highest BCUT2D eigenvalue weighted by Crippen LogP contribution is 2.15. The van der Waals surface area contributed by atoms with Crippen LogP contribution >= 0.6 is 0 Å². The number of methoxy groups -OCH3 is 1. The zero-order chi connectivity index (χ0) is 22.1. The molecule has 162 valence electrons. The minimum absolute atomic E-state index is 0.0822. The lowest BCUT2D eigenvalue weighted by Gasteiger charge is -2.26. The minimum atomic E-state index is -0.552. The standard InChI is InChI=1S/C24H33N3O3/c1-17(2)15-22(26-23(28)19-8-6-7-18(3)16-19)24(29)27(4)14-13-25-20-9-11-21(30-5)12-10-20/h6-12,16-17,22,25H,13-15H2,1-5H3,(H,26,28)/t22-/m0/s1. The van der Waals surface area contributed by atoms with Gasteiger partial charge in [-0.25, -0.2) is 0 Å². The minimum Gasteiger partial charge on any atom is -0.497 e. The van der Waals surface area contributed by atoms with Gasteiger partial charge in [-0.05, 0) is 55.7 Å². The molecule has 6 heteroatoms. The molecular weight excluding hydrogens is 378 g/mol. The Morgan fingerprint density at radius 2 is 1.80 bits per heavy atom. The third kappa shape index (κ3) is 7.10. The van der Waals surface area contributed by atoms with Gasteiger partial charge in [-0.3, -0.25) is 9.59 Å². The van der Waals surface area contributed by atoms with Crippen molar-refractivity contribution in [1.29, 1.82) is 0 Å². The van der Waals surface area contributed by atoms with E-state index in [1.807, 2.05) is 63.2 Å². The summed E-state index contributed by atoms with van der Waals surface area (Å²) in [5, 5.41) is 6.23. The molecule has 2 amide bonds. The summed E-state index contributed by atoms with van der Waals surface area (Å²) >= 11 is 0. The molecule has 0 unspecified atom stereocenters. The monoisotopic (exact) mass is 411 g/mol. The van der Waals surface area contributed by atoms with E-state index in [4.69, 9.17) is 4.74 Å². The fourth-order valence-corrected chi connectivity index (χ4v) is 3.17. The molecule has 0 saturated heterocycles. The molecule has 2 aromatic rings. The molecule has 0 aromatic heterocycles. The summed E-state index contributed by atoms with van der Waals surface area (Å²) in [6, 6.07) is 14.5. The molecule has 0 spiro atoms. The smallest absolute Gasteiger partial charge is 0.251 e. The summed E-state index contributed by atoms with van der Waals surface area (Å²) in [5.74, 6) is 0.778. The van der Waals surface area contributed by atoms with Gasteiger partial charge in [-0.15, -0.1) is 0 Å². The first-order chi connectivity index (χ1) is 14.3. The van der Waals surface area contributed by atoms with Gasteiger partial charge < -0.3 is 20.3 Å². The Kier molecular flexibility index (Phi) is 8.71. The van der Waals surface area contributed by atoms with Gasteiger partial charge in [0.2, 0.25) is 5.91 Å². The van der Waals surface area contributed by atoms with Gasteiger partial charge in [0.05, 0.1) is 7.11 Å². The van der Waals surface area contributed by atoms with Crippen LogP contribution in [-0.2, 0) is 4.79 Å². The molecular formula is C24H33N3O3. The van der Waals surface area contributed by atoms with Gasteiger partial charge in [-0.2, -0.15) is 0 Å². The van der Waals surface area contributed by atoms with Crippen LogP contribution in [0.25, 0.3) is 0 Å².